The minimum absolute atomic E-state index is 0.0132. The van der Waals surface area contributed by atoms with Crippen LogP contribution in [0.15, 0.2) is 60.7 Å². The largest absolute Gasteiger partial charge is 0.339 e. The van der Waals surface area contributed by atoms with E-state index in [-0.39, 0.29) is 16.6 Å². The molecule has 0 bridgehead atoms. The van der Waals surface area contributed by atoms with E-state index in [9.17, 15) is 9.18 Å². The second-order valence-electron chi connectivity index (χ2n) is 5.86. The van der Waals surface area contributed by atoms with Crippen molar-refractivity contribution in [2.75, 3.05) is 11.9 Å². The first kappa shape index (κ1) is 18.8. The van der Waals surface area contributed by atoms with Crippen LogP contribution in [0, 0.1) is 5.82 Å². The van der Waals surface area contributed by atoms with Crippen molar-refractivity contribution in [3.63, 3.8) is 0 Å². The lowest BCUT2D eigenvalue weighted by Crippen LogP contribution is -2.31. The molecule has 5 nitrogen and oxygen atoms in total. The summed E-state index contributed by atoms with van der Waals surface area (Å²) in [4.78, 5) is 14.4. The SMILES string of the molecule is CCN(Cc1ccccc1)C(=O)c1ccc(Nc2ccc(F)c(Cl)c2)nn1. The van der Waals surface area contributed by atoms with Crippen LogP contribution in [0.5, 0.6) is 0 Å². The van der Waals surface area contributed by atoms with Crippen molar-refractivity contribution in [1.29, 1.82) is 0 Å². The summed E-state index contributed by atoms with van der Waals surface area (Å²) in [6, 6.07) is 17.3. The molecule has 0 unspecified atom stereocenters. The van der Waals surface area contributed by atoms with E-state index in [1.54, 1.807) is 23.1 Å². The fourth-order valence-electron chi connectivity index (χ4n) is 2.53. The highest BCUT2D eigenvalue weighted by Gasteiger charge is 2.16. The van der Waals surface area contributed by atoms with Gasteiger partial charge in [0.25, 0.3) is 5.91 Å². The first-order valence-corrected chi connectivity index (χ1v) is 8.83. The van der Waals surface area contributed by atoms with Crippen LogP contribution < -0.4 is 5.32 Å². The van der Waals surface area contributed by atoms with Crippen LogP contribution in [0.4, 0.5) is 15.9 Å². The van der Waals surface area contributed by atoms with Crippen molar-refractivity contribution in [3.8, 4) is 0 Å². The molecule has 7 heteroatoms. The monoisotopic (exact) mass is 384 g/mol. The highest BCUT2D eigenvalue weighted by Crippen LogP contribution is 2.21. The van der Waals surface area contributed by atoms with E-state index >= 15 is 0 Å². The van der Waals surface area contributed by atoms with Crippen molar-refractivity contribution < 1.29 is 9.18 Å². The van der Waals surface area contributed by atoms with E-state index in [4.69, 9.17) is 11.6 Å². The van der Waals surface area contributed by atoms with Gasteiger partial charge in [-0.1, -0.05) is 41.9 Å². The van der Waals surface area contributed by atoms with Crippen LogP contribution in [0.3, 0.4) is 0 Å². The smallest absolute Gasteiger partial charge is 0.274 e. The van der Waals surface area contributed by atoms with Gasteiger partial charge in [-0.15, -0.1) is 10.2 Å². The summed E-state index contributed by atoms with van der Waals surface area (Å²) in [5.41, 5.74) is 1.89. The predicted octanol–water partition coefficient (Wildman–Crippen LogP) is 4.68. The normalized spacial score (nSPS) is 10.5. The molecule has 0 aliphatic rings. The summed E-state index contributed by atoms with van der Waals surface area (Å²) >= 11 is 5.76. The molecule has 0 saturated heterocycles. The van der Waals surface area contributed by atoms with Gasteiger partial charge in [0.2, 0.25) is 0 Å². The Balaban J connectivity index is 1.69. The van der Waals surface area contributed by atoms with E-state index in [0.29, 0.717) is 24.6 Å². The Kier molecular flexibility index (Phi) is 5.98. The van der Waals surface area contributed by atoms with Gasteiger partial charge in [0.05, 0.1) is 5.02 Å². The lowest BCUT2D eigenvalue weighted by Gasteiger charge is -2.20. The first-order valence-electron chi connectivity index (χ1n) is 8.46. The Morgan fingerprint density at radius 2 is 1.89 bits per heavy atom. The summed E-state index contributed by atoms with van der Waals surface area (Å²) < 4.78 is 13.2. The Hall–Kier alpha value is -2.99. The molecule has 1 heterocycles. The summed E-state index contributed by atoms with van der Waals surface area (Å²) in [5, 5.41) is 11.0. The second kappa shape index (κ2) is 8.60. The molecule has 27 heavy (non-hydrogen) atoms. The highest BCUT2D eigenvalue weighted by atomic mass is 35.5. The zero-order chi connectivity index (χ0) is 19.2. The Morgan fingerprint density at radius 3 is 2.52 bits per heavy atom. The fourth-order valence-corrected chi connectivity index (χ4v) is 2.71. The van der Waals surface area contributed by atoms with Gasteiger partial charge >= 0.3 is 0 Å². The molecule has 0 radical (unpaired) electrons. The van der Waals surface area contributed by atoms with Crippen molar-refractivity contribution in [1.82, 2.24) is 15.1 Å². The maximum Gasteiger partial charge on any atom is 0.274 e. The Morgan fingerprint density at radius 1 is 1.11 bits per heavy atom. The summed E-state index contributed by atoms with van der Waals surface area (Å²) in [6.07, 6.45) is 0. The molecule has 1 aromatic heterocycles. The molecule has 1 amide bonds. The molecular weight excluding hydrogens is 367 g/mol. The van der Waals surface area contributed by atoms with Gasteiger partial charge in [-0.05, 0) is 42.8 Å². The van der Waals surface area contributed by atoms with Gasteiger partial charge in [-0.2, -0.15) is 0 Å². The molecule has 0 spiro atoms. The second-order valence-corrected chi connectivity index (χ2v) is 6.27. The van der Waals surface area contributed by atoms with Crippen molar-refractivity contribution >= 4 is 29.0 Å². The molecule has 0 atom stereocenters. The zero-order valence-electron chi connectivity index (χ0n) is 14.7. The molecule has 0 saturated carbocycles. The number of hydrogen-bond donors (Lipinski definition) is 1. The molecule has 3 rings (SSSR count). The maximum atomic E-state index is 13.2. The number of nitrogens with zero attached hydrogens (tertiary/aromatic N) is 3. The number of carbonyl (C=O) groups is 1. The van der Waals surface area contributed by atoms with E-state index in [1.807, 2.05) is 37.3 Å². The number of anilines is 2. The number of hydrogen-bond acceptors (Lipinski definition) is 4. The molecule has 0 fully saturated rings. The minimum Gasteiger partial charge on any atom is -0.339 e. The van der Waals surface area contributed by atoms with Gasteiger partial charge < -0.3 is 10.2 Å². The predicted molar refractivity (Wildman–Crippen MR) is 104 cm³/mol. The number of rotatable bonds is 6. The summed E-state index contributed by atoms with van der Waals surface area (Å²) in [6.45, 7) is 2.98. The van der Waals surface area contributed by atoms with Gasteiger partial charge in [0, 0.05) is 18.8 Å². The van der Waals surface area contributed by atoms with Crippen LogP contribution in [0.2, 0.25) is 5.02 Å². The third-order valence-electron chi connectivity index (χ3n) is 3.96. The number of nitrogens with one attached hydrogen (secondary N) is 1. The molecule has 2 aromatic carbocycles. The summed E-state index contributed by atoms with van der Waals surface area (Å²) in [7, 11) is 0. The van der Waals surface area contributed by atoms with Crippen LogP contribution in [0.25, 0.3) is 0 Å². The van der Waals surface area contributed by atoms with Crippen LogP contribution >= 0.6 is 11.6 Å². The lowest BCUT2D eigenvalue weighted by atomic mass is 10.2. The van der Waals surface area contributed by atoms with Gasteiger partial charge in [0.15, 0.2) is 11.5 Å². The highest BCUT2D eigenvalue weighted by molar-refractivity contribution is 6.31. The van der Waals surface area contributed by atoms with Crippen LogP contribution in [-0.2, 0) is 6.54 Å². The first-order chi connectivity index (χ1) is 13.1. The van der Waals surface area contributed by atoms with Gasteiger partial charge in [-0.25, -0.2) is 4.39 Å². The molecule has 0 aliphatic heterocycles. The zero-order valence-corrected chi connectivity index (χ0v) is 15.4. The van der Waals surface area contributed by atoms with E-state index in [0.717, 1.165) is 5.56 Å². The molecule has 1 N–H and O–H groups in total. The van der Waals surface area contributed by atoms with Crippen LogP contribution in [-0.4, -0.2) is 27.5 Å². The standard InChI is InChI=1S/C20H18ClFN4O/c1-2-26(13-14-6-4-3-5-7-14)20(27)18-10-11-19(25-24-18)23-15-8-9-17(22)16(21)12-15/h3-12H,2,13H2,1H3,(H,23,25). The molecule has 138 valence electrons. The summed E-state index contributed by atoms with van der Waals surface area (Å²) in [5.74, 6) is -0.252. The molecular formula is C20H18ClFN4O. The topological polar surface area (TPSA) is 58.1 Å². The van der Waals surface area contributed by atoms with E-state index < -0.39 is 5.82 Å². The third-order valence-corrected chi connectivity index (χ3v) is 4.25. The lowest BCUT2D eigenvalue weighted by molar-refractivity contribution is 0.0745. The molecule has 0 aliphatic carbocycles. The Bertz CT molecular complexity index is 919. The number of benzene rings is 2. The average Bonchev–Trinajstić information content (AvgIpc) is 2.70. The average molecular weight is 385 g/mol. The van der Waals surface area contributed by atoms with Crippen LogP contribution in [0.1, 0.15) is 23.0 Å². The number of aromatic nitrogens is 2. The van der Waals surface area contributed by atoms with Crippen molar-refractivity contribution in [2.24, 2.45) is 0 Å². The maximum absolute atomic E-state index is 13.2. The molecule has 3 aromatic rings. The number of carbonyl (C=O) groups excluding carboxylic acids is 1. The van der Waals surface area contributed by atoms with E-state index in [1.165, 1.54) is 12.1 Å². The fraction of sp³-hybridized carbons (Fsp3) is 0.150. The van der Waals surface area contributed by atoms with Crippen molar-refractivity contribution in [2.45, 2.75) is 13.5 Å². The Labute approximate surface area is 161 Å². The third kappa shape index (κ3) is 4.80. The van der Waals surface area contributed by atoms with Gasteiger partial charge in [0.1, 0.15) is 5.82 Å². The van der Waals surface area contributed by atoms with Gasteiger partial charge in [-0.3, -0.25) is 4.79 Å². The minimum atomic E-state index is -0.493. The van der Waals surface area contributed by atoms with Crippen molar-refractivity contribution in [3.05, 3.63) is 82.8 Å². The quantitative estimate of drug-likeness (QED) is 0.670. The number of halogens is 2. The number of amides is 1. The van der Waals surface area contributed by atoms with E-state index in [2.05, 4.69) is 15.5 Å².